The lowest BCUT2D eigenvalue weighted by Crippen LogP contribution is -2.47. The molecule has 7 heteroatoms. The van der Waals surface area contributed by atoms with Gasteiger partial charge in [-0.15, -0.1) is 0 Å². The van der Waals surface area contributed by atoms with Crippen molar-refractivity contribution in [3.05, 3.63) is 35.0 Å². The smallest absolute Gasteiger partial charge is 0.416 e. The lowest BCUT2D eigenvalue weighted by Gasteiger charge is -2.45. The number of nitrogens with one attached hydrogen (secondary N) is 1. The van der Waals surface area contributed by atoms with Gasteiger partial charge in [-0.3, -0.25) is 4.79 Å². The van der Waals surface area contributed by atoms with Gasteiger partial charge in [0.05, 0.1) is 11.0 Å². The molecule has 2 aliphatic carbocycles. The minimum atomic E-state index is -4.34. The fourth-order valence-corrected chi connectivity index (χ4v) is 7.27. The number of benzene rings is 1. The highest BCUT2D eigenvalue weighted by Crippen LogP contribution is 2.48. The minimum Gasteiger partial charge on any atom is -0.460 e. The van der Waals surface area contributed by atoms with Crippen molar-refractivity contribution >= 4 is 16.9 Å². The van der Waals surface area contributed by atoms with Gasteiger partial charge in [0, 0.05) is 23.1 Å². The summed E-state index contributed by atoms with van der Waals surface area (Å²) in [6, 6.07) is 4.09. The number of ether oxygens (including phenoxy) is 1. The minimum absolute atomic E-state index is 0.0375. The first-order valence-corrected chi connectivity index (χ1v) is 14.0. The Labute approximate surface area is 218 Å². The maximum Gasteiger partial charge on any atom is 0.416 e. The van der Waals surface area contributed by atoms with Crippen molar-refractivity contribution in [1.82, 2.24) is 9.88 Å². The van der Waals surface area contributed by atoms with Crippen LogP contribution in [0.25, 0.3) is 10.9 Å². The molecule has 5 rings (SSSR count). The van der Waals surface area contributed by atoms with Gasteiger partial charge in [-0.25, -0.2) is 0 Å². The van der Waals surface area contributed by atoms with Crippen LogP contribution in [-0.4, -0.2) is 41.1 Å². The van der Waals surface area contributed by atoms with Crippen molar-refractivity contribution in [3.63, 3.8) is 0 Å². The molecule has 1 aliphatic heterocycles. The number of rotatable bonds is 4. The van der Waals surface area contributed by atoms with Gasteiger partial charge in [0.2, 0.25) is 0 Å². The van der Waals surface area contributed by atoms with E-state index in [1.54, 1.807) is 6.07 Å². The predicted octanol–water partition coefficient (Wildman–Crippen LogP) is 7.47. The number of halogens is 3. The molecule has 1 aromatic heterocycles. The zero-order chi connectivity index (χ0) is 26.6. The number of hydrogen-bond donors (Lipinski definition) is 1. The number of esters is 1. The van der Waals surface area contributed by atoms with Crippen LogP contribution in [-0.2, 0) is 22.1 Å². The van der Waals surface area contributed by atoms with Crippen LogP contribution in [0, 0.1) is 17.3 Å². The molecule has 2 aromatic rings. The number of nitrogens with zero attached hydrogens (tertiary/aromatic N) is 1. The van der Waals surface area contributed by atoms with E-state index in [0.717, 1.165) is 86.7 Å². The summed E-state index contributed by atoms with van der Waals surface area (Å²) in [5.41, 5.74) is 1.53. The molecule has 1 saturated carbocycles. The molecule has 204 valence electrons. The van der Waals surface area contributed by atoms with Crippen molar-refractivity contribution in [2.45, 2.75) is 96.8 Å². The van der Waals surface area contributed by atoms with Gasteiger partial charge in [-0.1, -0.05) is 26.2 Å². The van der Waals surface area contributed by atoms with E-state index in [2.05, 4.69) is 16.8 Å². The Hall–Kier alpha value is -2.02. The largest absolute Gasteiger partial charge is 0.460 e. The van der Waals surface area contributed by atoms with Crippen LogP contribution in [0.2, 0.25) is 0 Å². The molecule has 1 saturated heterocycles. The number of likely N-dealkylation sites (tertiary alicyclic amines) is 1. The molecule has 2 fully saturated rings. The number of carbonyl (C=O) groups excluding carboxylic acids is 1. The standard InChI is InChI=1S/C30H41F3N2O2/c1-19-23-18-35(15-13-29(11-6-5-7-12-29)27(36)37-28(2,3)4)14-10-20(23)16-25-26(19)22-17-21(30(31,32)33)8-9-24(22)34-25/h8-9,17,19-20,23,34H,5-7,10-16,18H2,1-4H3/t19-,20-,23-/m1/s1. The molecule has 0 unspecified atom stereocenters. The van der Waals surface area contributed by atoms with Gasteiger partial charge >= 0.3 is 12.1 Å². The maximum absolute atomic E-state index is 13.4. The second kappa shape index (κ2) is 9.62. The number of aromatic nitrogens is 1. The fourth-order valence-electron chi connectivity index (χ4n) is 7.27. The first-order chi connectivity index (χ1) is 17.4. The van der Waals surface area contributed by atoms with Crippen molar-refractivity contribution in [1.29, 1.82) is 0 Å². The lowest BCUT2D eigenvalue weighted by atomic mass is 9.67. The molecule has 0 amide bonds. The molecular formula is C30H41F3N2O2. The molecule has 0 spiro atoms. The van der Waals surface area contributed by atoms with Crippen LogP contribution in [0.4, 0.5) is 13.2 Å². The Balaban J connectivity index is 1.32. The Bertz CT molecular complexity index is 1140. The zero-order valence-electron chi connectivity index (χ0n) is 22.6. The maximum atomic E-state index is 13.4. The van der Waals surface area contributed by atoms with Crippen LogP contribution in [0.5, 0.6) is 0 Å². The molecule has 37 heavy (non-hydrogen) atoms. The number of carbonyl (C=O) groups is 1. The van der Waals surface area contributed by atoms with E-state index in [4.69, 9.17) is 4.74 Å². The van der Waals surface area contributed by atoms with E-state index in [1.807, 2.05) is 20.8 Å². The number of piperidine rings is 1. The Morgan fingerprint density at radius 3 is 2.57 bits per heavy atom. The quantitative estimate of drug-likeness (QED) is 0.427. The molecule has 3 atom stereocenters. The second-order valence-corrected chi connectivity index (χ2v) is 12.9. The number of H-pyrrole nitrogens is 1. The SMILES string of the molecule is C[C@H]1c2c([nH]c3ccc(C(F)(F)F)cc23)C[C@H]2CCN(CCC3(C(=O)OC(C)(C)C)CCCCC3)C[C@@H]21. The van der Waals surface area contributed by atoms with Gasteiger partial charge in [0.25, 0.3) is 0 Å². The van der Waals surface area contributed by atoms with E-state index >= 15 is 0 Å². The summed E-state index contributed by atoms with van der Waals surface area (Å²) in [7, 11) is 0. The van der Waals surface area contributed by atoms with Gasteiger partial charge in [0.15, 0.2) is 0 Å². The highest BCUT2D eigenvalue weighted by molar-refractivity contribution is 5.86. The second-order valence-electron chi connectivity index (χ2n) is 12.9. The van der Waals surface area contributed by atoms with E-state index in [1.165, 1.54) is 18.6 Å². The fraction of sp³-hybridized carbons (Fsp3) is 0.700. The van der Waals surface area contributed by atoms with Gasteiger partial charge in [0.1, 0.15) is 5.60 Å². The molecule has 0 radical (unpaired) electrons. The molecule has 1 N–H and O–H groups in total. The highest BCUT2D eigenvalue weighted by Gasteiger charge is 2.44. The van der Waals surface area contributed by atoms with Gasteiger partial charge < -0.3 is 14.6 Å². The van der Waals surface area contributed by atoms with Crippen molar-refractivity contribution in [2.75, 3.05) is 19.6 Å². The monoisotopic (exact) mass is 518 g/mol. The molecule has 0 bridgehead atoms. The number of aromatic amines is 1. The summed E-state index contributed by atoms with van der Waals surface area (Å²) < 4.78 is 46.2. The summed E-state index contributed by atoms with van der Waals surface area (Å²) in [5.74, 6) is 1.08. The lowest BCUT2D eigenvalue weighted by molar-refractivity contribution is -0.171. The van der Waals surface area contributed by atoms with Gasteiger partial charge in [-0.2, -0.15) is 13.2 Å². The first kappa shape index (κ1) is 26.6. The van der Waals surface area contributed by atoms with Crippen LogP contribution in [0.1, 0.15) is 95.4 Å². The van der Waals surface area contributed by atoms with E-state index in [0.29, 0.717) is 11.8 Å². The van der Waals surface area contributed by atoms with E-state index in [9.17, 15) is 18.0 Å². The normalized spacial score (nSPS) is 26.5. The van der Waals surface area contributed by atoms with Crippen LogP contribution in [0.3, 0.4) is 0 Å². The summed E-state index contributed by atoms with van der Waals surface area (Å²) >= 11 is 0. The first-order valence-electron chi connectivity index (χ1n) is 14.0. The summed E-state index contributed by atoms with van der Waals surface area (Å²) in [6.45, 7) is 10.8. The van der Waals surface area contributed by atoms with Crippen LogP contribution >= 0.6 is 0 Å². The Kier molecular flexibility index (Phi) is 6.91. The average Bonchev–Trinajstić information content (AvgIpc) is 3.20. The van der Waals surface area contributed by atoms with Crippen LogP contribution < -0.4 is 0 Å². The summed E-state index contributed by atoms with van der Waals surface area (Å²) in [5, 5.41) is 0.721. The van der Waals surface area contributed by atoms with Gasteiger partial charge in [-0.05, 0) is 107 Å². The third kappa shape index (κ3) is 5.30. The van der Waals surface area contributed by atoms with Crippen molar-refractivity contribution in [2.24, 2.45) is 17.3 Å². The molecule has 2 heterocycles. The number of hydrogen-bond acceptors (Lipinski definition) is 3. The van der Waals surface area contributed by atoms with Crippen LogP contribution in [0.15, 0.2) is 18.2 Å². The van der Waals surface area contributed by atoms with Crippen molar-refractivity contribution < 1.29 is 22.7 Å². The number of alkyl halides is 3. The van der Waals surface area contributed by atoms with E-state index in [-0.39, 0.29) is 11.9 Å². The highest BCUT2D eigenvalue weighted by atomic mass is 19.4. The molecule has 4 nitrogen and oxygen atoms in total. The van der Waals surface area contributed by atoms with E-state index < -0.39 is 22.8 Å². The average molecular weight is 519 g/mol. The topological polar surface area (TPSA) is 45.3 Å². The molecule has 1 aromatic carbocycles. The van der Waals surface area contributed by atoms with Crippen molar-refractivity contribution in [3.8, 4) is 0 Å². The summed E-state index contributed by atoms with van der Waals surface area (Å²) in [4.78, 5) is 19.2. The Morgan fingerprint density at radius 2 is 1.89 bits per heavy atom. The zero-order valence-corrected chi connectivity index (χ0v) is 22.6. The molecular weight excluding hydrogens is 477 g/mol. The number of fused-ring (bicyclic) bond motifs is 4. The third-order valence-electron chi connectivity index (χ3n) is 9.25. The summed E-state index contributed by atoms with van der Waals surface area (Å²) in [6.07, 6.45) is 3.58. The third-order valence-corrected chi connectivity index (χ3v) is 9.25. The predicted molar refractivity (Wildman–Crippen MR) is 139 cm³/mol. The molecule has 3 aliphatic rings. The Morgan fingerprint density at radius 1 is 1.16 bits per heavy atom.